The lowest BCUT2D eigenvalue weighted by Crippen LogP contribution is -2.40. The van der Waals surface area contributed by atoms with Gasteiger partial charge in [-0.05, 0) is 36.0 Å². The topological polar surface area (TPSA) is 70.1 Å². The van der Waals surface area contributed by atoms with Crippen LogP contribution in [0.4, 0.5) is 0 Å². The van der Waals surface area contributed by atoms with E-state index in [1.54, 1.807) is 27.4 Å². The number of rotatable bonds is 4. The van der Waals surface area contributed by atoms with Crippen LogP contribution in [-0.4, -0.2) is 49.4 Å². The maximum absolute atomic E-state index is 12.9. The minimum Gasteiger partial charge on any atom is -0.382 e. The van der Waals surface area contributed by atoms with Gasteiger partial charge in [-0.1, -0.05) is 25.3 Å². The van der Waals surface area contributed by atoms with Crippen LogP contribution in [0.2, 0.25) is 0 Å². The largest absolute Gasteiger partial charge is 0.382 e. The molecular weight excluding hydrogens is 378 g/mol. The molecule has 0 aromatic carbocycles. The zero-order chi connectivity index (χ0) is 18.0. The Morgan fingerprint density at radius 2 is 2.00 bits per heavy atom. The maximum atomic E-state index is 12.9. The average Bonchev–Trinajstić information content (AvgIpc) is 3.18. The fraction of sp³-hybridized carbons (Fsp3) is 0.500. The molecule has 0 atom stereocenters. The van der Waals surface area contributed by atoms with Crippen molar-refractivity contribution in [2.24, 2.45) is 4.40 Å². The molecule has 0 spiro atoms. The van der Waals surface area contributed by atoms with Crippen molar-refractivity contribution in [3.05, 3.63) is 28.6 Å². The summed E-state index contributed by atoms with van der Waals surface area (Å²) in [5, 5.41) is 1.98. The predicted octanol–water partition coefficient (Wildman–Crippen LogP) is 3.10. The Balaban J connectivity index is 1.99. The van der Waals surface area contributed by atoms with Gasteiger partial charge in [0, 0.05) is 26.3 Å². The zero-order valence-corrected chi connectivity index (χ0v) is 16.7. The second-order valence-corrected chi connectivity index (χ2v) is 10.1. The Morgan fingerprint density at radius 3 is 2.60 bits per heavy atom. The van der Waals surface area contributed by atoms with Crippen molar-refractivity contribution in [2.45, 2.75) is 42.4 Å². The fourth-order valence-electron chi connectivity index (χ4n) is 2.99. The van der Waals surface area contributed by atoms with E-state index in [9.17, 15) is 13.2 Å². The van der Waals surface area contributed by atoms with Crippen LogP contribution in [0.15, 0.2) is 37.2 Å². The number of thioether (sulfide) groups is 1. The first-order valence-corrected chi connectivity index (χ1v) is 11.3. The lowest BCUT2D eigenvalue weighted by Gasteiger charge is -2.30. The summed E-state index contributed by atoms with van der Waals surface area (Å²) >= 11 is 2.28. The third-order valence-corrected chi connectivity index (χ3v) is 7.83. The molecule has 1 aromatic rings. The number of carbonyl (C=O) groups excluding carboxylic acids is 1. The third-order valence-electron chi connectivity index (χ3n) is 4.10. The molecule has 9 heteroatoms. The van der Waals surface area contributed by atoms with Gasteiger partial charge in [0.15, 0.2) is 5.17 Å². The molecule has 1 aromatic heterocycles. The average molecular weight is 400 g/mol. The van der Waals surface area contributed by atoms with E-state index < -0.39 is 10.0 Å². The molecule has 2 heterocycles. The van der Waals surface area contributed by atoms with Gasteiger partial charge in [0.2, 0.25) is 0 Å². The molecule has 1 saturated heterocycles. The second kappa shape index (κ2) is 7.51. The summed E-state index contributed by atoms with van der Waals surface area (Å²) in [5.41, 5.74) is 0. The number of hydrogen-bond donors (Lipinski definition) is 0. The van der Waals surface area contributed by atoms with Crippen molar-refractivity contribution >= 4 is 44.2 Å². The van der Waals surface area contributed by atoms with E-state index in [0.717, 1.165) is 55.2 Å². The van der Waals surface area contributed by atoms with Gasteiger partial charge >= 0.3 is 0 Å². The van der Waals surface area contributed by atoms with Crippen molar-refractivity contribution < 1.29 is 13.2 Å². The molecule has 136 valence electrons. The van der Waals surface area contributed by atoms with Crippen LogP contribution in [0, 0.1) is 0 Å². The standard InChI is InChI=1S/C16H21N3O3S3/c1-18(2)11-13-15(20)19(12-7-4-3-5-8-12)16(24-13)17-25(21,22)14-9-6-10-23-14/h6,9-12H,3-5,7-8H2,1-2H3/b13-11+,17-16-. The lowest BCUT2D eigenvalue weighted by molar-refractivity contribution is -0.124. The van der Waals surface area contributed by atoms with Gasteiger partial charge in [-0.3, -0.25) is 9.69 Å². The van der Waals surface area contributed by atoms with Gasteiger partial charge in [0.1, 0.15) is 4.21 Å². The zero-order valence-electron chi connectivity index (χ0n) is 14.2. The maximum Gasteiger partial charge on any atom is 0.294 e. The number of hydrogen-bond acceptors (Lipinski definition) is 6. The molecule has 3 rings (SSSR count). The van der Waals surface area contributed by atoms with Gasteiger partial charge in [0.25, 0.3) is 15.9 Å². The molecule has 0 N–H and O–H groups in total. The Bertz CT molecular complexity index is 792. The molecule has 1 amide bonds. The molecule has 1 saturated carbocycles. The van der Waals surface area contributed by atoms with Gasteiger partial charge in [-0.2, -0.15) is 8.42 Å². The van der Waals surface area contributed by atoms with Crippen molar-refractivity contribution in [1.29, 1.82) is 0 Å². The van der Waals surface area contributed by atoms with Crippen molar-refractivity contribution in [3.8, 4) is 0 Å². The summed E-state index contributed by atoms with van der Waals surface area (Å²) in [6.07, 6.45) is 6.77. The quantitative estimate of drug-likeness (QED) is 0.728. The Kier molecular flexibility index (Phi) is 5.55. The number of thiophene rings is 1. The highest BCUT2D eigenvalue weighted by Gasteiger charge is 2.40. The van der Waals surface area contributed by atoms with Crippen molar-refractivity contribution in [2.75, 3.05) is 14.1 Å². The fourth-order valence-corrected chi connectivity index (χ4v) is 6.26. The SMILES string of the molecule is CN(C)/C=C1/S/C(=N\S(=O)(=O)c2cccs2)N(C2CCCCC2)C1=O. The highest BCUT2D eigenvalue weighted by molar-refractivity contribution is 8.19. The molecule has 0 unspecified atom stereocenters. The van der Waals surface area contributed by atoms with Crippen LogP contribution in [0.25, 0.3) is 0 Å². The summed E-state index contributed by atoms with van der Waals surface area (Å²) in [7, 11) is -0.123. The number of nitrogens with zero attached hydrogens (tertiary/aromatic N) is 3. The van der Waals surface area contributed by atoms with Crippen LogP contribution in [-0.2, 0) is 14.8 Å². The molecule has 1 aliphatic heterocycles. The summed E-state index contributed by atoms with van der Waals surface area (Å²) < 4.78 is 29.3. The van der Waals surface area contributed by atoms with Crippen LogP contribution in [0.5, 0.6) is 0 Å². The third kappa shape index (κ3) is 4.09. The Hall–Kier alpha value is -1.32. The minimum absolute atomic E-state index is 0.0269. The van der Waals surface area contributed by atoms with Crippen molar-refractivity contribution in [1.82, 2.24) is 9.80 Å². The monoisotopic (exact) mass is 399 g/mol. The summed E-state index contributed by atoms with van der Waals surface area (Å²) in [6.45, 7) is 0. The Morgan fingerprint density at radius 1 is 1.28 bits per heavy atom. The smallest absolute Gasteiger partial charge is 0.294 e. The van der Waals surface area contributed by atoms with Crippen LogP contribution >= 0.6 is 23.1 Å². The number of sulfonamides is 1. The van der Waals surface area contributed by atoms with Gasteiger partial charge in [0.05, 0.1) is 4.91 Å². The number of carbonyl (C=O) groups is 1. The number of amides is 1. The molecule has 2 aliphatic rings. The van der Waals surface area contributed by atoms with E-state index in [2.05, 4.69) is 4.40 Å². The van der Waals surface area contributed by atoms with Crippen LogP contribution in [0.3, 0.4) is 0 Å². The van der Waals surface area contributed by atoms with Crippen molar-refractivity contribution in [3.63, 3.8) is 0 Å². The predicted molar refractivity (Wildman–Crippen MR) is 102 cm³/mol. The van der Waals surface area contributed by atoms with Gasteiger partial charge in [-0.25, -0.2) is 0 Å². The van der Waals surface area contributed by atoms with Crippen LogP contribution in [0.1, 0.15) is 32.1 Å². The molecule has 0 radical (unpaired) electrons. The lowest BCUT2D eigenvalue weighted by atomic mass is 9.94. The van der Waals surface area contributed by atoms with E-state index in [0.29, 0.717) is 4.91 Å². The summed E-state index contributed by atoms with van der Waals surface area (Å²) in [6, 6.07) is 3.24. The first-order chi connectivity index (χ1) is 11.9. The molecule has 25 heavy (non-hydrogen) atoms. The van der Waals surface area contributed by atoms with E-state index in [4.69, 9.17) is 0 Å². The van der Waals surface area contributed by atoms with E-state index in [1.165, 1.54) is 6.07 Å². The molecular formula is C16H21N3O3S3. The van der Waals surface area contributed by atoms with Gasteiger partial charge in [-0.15, -0.1) is 15.7 Å². The van der Waals surface area contributed by atoms with E-state index >= 15 is 0 Å². The van der Waals surface area contributed by atoms with Crippen LogP contribution < -0.4 is 0 Å². The first-order valence-electron chi connectivity index (χ1n) is 8.16. The van der Waals surface area contributed by atoms with E-state index in [-0.39, 0.29) is 21.3 Å². The van der Waals surface area contributed by atoms with E-state index in [1.807, 2.05) is 14.1 Å². The molecule has 6 nitrogen and oxygen atoms in total. The highest BCUT2D eigenvalue weighted by Crippen LogP contribution is 2.37. The van der Waals surface area contributed by atoms with Gasteiger partial charge < -0.3 is 4.90 Å². The Labute approximate surface area is 156 Å². The highest BCUT2D eigenvalue weighted by atomic mass is 32.2. The first kappa shape index (κ1) is 18.5. The normalized spacial score (nSPS) is 23.0. The molecule has 1 aliphatic carbocycles. The summed E-state index contributed by atoms with van der Waals surface area (Å²) in [4.78, 5) is 16.8. The second-order valence-electron chi connectivity index (χ2n) is 6.31. The molecule has 2 fully saturated rings. The number of amidine groups is 1. The molecule has 0 bridgehead atoms. The minimum atomic E-state index is -3.80. The summed E-state index contributed by atoms with van der Waals surface area (Å²) in [5.74, 6) is -0.147.